The van der Waals surface area contributed by atoms with Crippen molar-refractivity contribution in [1.29, 1.82) is 0 Å². The van der Waals surface area contributed by atoms with Gasteiger partial charge in [-0.3, -0.25) is 4.79 Å². The molecule has 1 unspecified atom stereocenters. The average molecular weight is 186 g/mol. The Bertz CT molecular complexity index is 157. The summed E-state index contributed by atoms with van der Waals surface area (Å²) in [4.78, 5) is 15.2. The molecule has 0 N–H and O–H groups in total. The first-order valence-corrected chi connectivity index (χ1v) is 4.89. The Labute approximate surface area is 81.7 Å². The van der Waals surface area contributed by atoms with Gasteiger partial charge in [-0.1, -0.05) is 6.92 Å². The molecular formula is C10H22N2O. The van der Waals surface area contributed by atoms with Crippen LogP contribution in [0.1, 0.15) is 26.7 Å². The Kier molecular flexibility index (Phi) is 5.71. The third-order valence-corrected chi connectivity index (χ3v) is 2.49. The Morgan fingerprint density at radius 3 is 2.23 bits per heavy atom. The van der Waals surface area contributed by atoms with Gasteiger partial charge in [0.25, 0.3) is 0 Å². The largest absolute Gasteiger partial charge is 0.346 e. The molecule has 0 aromatic rings. The SMILES string of the molecule is CCC(=O)N(C)CCC(C)N(C)C. The number of nitrogens with zero attached hydrogens (tertiary/aromatic N) is 2. The summed E-state index contributed by atoms with van der Waals surface area (Å²) in [5, 5.41) is 0. The van der Waals surface area contributed by atoms with Crippen LogP contribution in [0.3, 0.4) is 0 Å². The fraction of sp³-hybridized carbons (Fsp3) is 0.900. The fourth-order valence-corrected chi connectivity index (χ4v) is 1.03. The number of carbonyl (C=O) groups is 1. The molecular weight excluding hydrogens is 164 g/mol. The molecule has 3 nitrogen and oxygen atoms in total. The van der Waals surface area contributed by atoms with Crippen molar-refractivity contribution in [3.63, 3.8) is 0 Å². The highest BCUT2D eigenvalue weighted by molar-refractivity contribution is 5.75. The maximum absolute atomic E-state index is 11.2. The summed E-state index contributed by atoms with van der Waals surface area (Å²) in [7, 11) is 5.99. The van der Waals surface area contributed by atoms with Gasteiger partial charge >= 0.3 is 0 Å². The molecule has 1 amide bonds. The minimum absolute atomic E-state index is 0.228. The zero-order valence-electron chi connectivity index (χ0n) is 9.50. The molecule has 0 saturated carbocycles. The molecule has 0 aromatic heterocycles. The molecule has 1 atom stereocenters. The summed E-state index contributed by atoms with van der Waals surface area (Å²) < 4.78 is 0. The zero-order chi connectivity index (χ0) is 10.4. The van der Waals surface area contributed by atoms with Gasteiger partial charge in [0, 0.05) is 26.1 Å². The lowest BCUT2D eigenvalue weighted by Gasteiger charge is -2.23. The Morgan fingerprint density at radius 2 is 1.85 bits per heavy atom. The van der Waals surface area contributed by atoms with Crippen LogP contribution in [0.25, 0.3) is 0 Å². The topological polar surface area (TPSA) is 23.6 Å². The van der Waals surface area contributed by atoms with Crippen LogP contribution in [0.5, 0.6) is 0 Å². The highest BCUT2D eigenvalue weighted by atomic mass is 16.2. The van der Waals surface area contributed by atoms with Crippen LogP contribution in [0.15, 0.2) is 0 Å². The highest BCUT2D eigenvalue weighted by Gasteiger charge is 2.09. The van der Waals surface area contributed by atoms with E-state index in [-0.39, 0.29) is 5.91 Å². The lowest BCUT2D eigenvalue weighted by atomic mass is 10.2. The van der Waals surface area contributed by atoms with Gasteiger partial charge in [-0.25, -0.2) is 0 Å². The average Bonchev–Trinajstić information content (AvgIpc) is 2.11. The number of carbonyl (C=O) groups excluding carboxylic acids is 1. The van der Waals surface area contributed by atoms with Gasteiger partial charge in [-0.2, -0.15) is 0 Å². The van der Waals surface area contributed by atoms with E-state index in [4.69, 9.17) is 0 Å². The number of rotatable bonds is 5. The second-order valence-electron chi connectivity index (χ2n) is 3.77. The molecule has 0 radical (unpaired) electrons. The number of amides is 1. The van der Waals surface area contributed by atoms with Crippen molar-refractivity contribution in [2.75, 3.05) is 27.7 Å². The minimum atomic E-state index is 0.228. The lowest BCUT2D eigenvalue weighted by Crippen LogP contribution is -2.32. The van der Waals surface area contributed by atoms with Gasteiger partial charge in [-0.15, -0.1) is 0 Å². The predicted octanol–water partition coefficient (Wildman–Crippen LogP) is 1.19. The van der Waals surface area contributed by atoms with E-state index in [0.29, 0.717) is 12.5 Å². The molecule has 0 aromatic carbocycles. The molecule has 0 bridgehead atoms. The van der Waals surface area contributed by atoms with E-state index in [1.54, 1.807) is 4.90 Å². The molecule has 0 rings (SSSR count). The van der Waals surface area contributed by atoms with Gasteiger partial charge in [0.2, 0.25) is 5.91 Å². The van der Waals surface area contributed by atoms with Gasteiger partial charge < -0.3 is 9.80 Å². The number of hydrogen-bond acceptors (Lipinski definition) is 2. The van der Waals surface area contributed by atoms with Crippen LogP contribution in [0.2, 0.25) is 0 Å². The molecule has 78 valence electrons. The first kappa shape index (κ1) is 12.4. The molecule has 0 fully saturated rings. The number of hydrogen-bond donors (Lipinski definition) is 0. The maximum Gasteiger partial charge on any atom is 0.222 e. The van der Waals surface area contributed by atoms with E-state index in [2.05, 4.69) is 25.9 Å². The van der Waals surface area contributed by atoms with Crippen LogP contribution in [0, 0.1) is 0 Å². The van der Waals surface area contributed by atoms with Gasteiger partial charge in [0.1, 0.15) is 0 Å². The van der Waals surface area contributed by atoms with E-state index >= 15 is 0 Å². The molecule has 0 aliphatic heterocycles. The minimum Gasteiger partial charge on any atom is -0.346 e. The smallest absolute Gasteiger partial charge is 0.222 e. The third-order valence-electron chi connectivity index (χ3n) is 2.49. The second-order valence-corrected chi connectivity index (χ2v) is 3.77. The van der Waals surface area contributed by atoms with Crippen LogP contribution in [-0.4, -0.2) is 49.4 Å². The van der Waals surface area contributed by atoms with Crippen LogP contribution in [-0.2, 0) is 4.79 Å². The molecule has 0 saturated heterocycles. The third kappa shape index (κ3) is 4.88. The summed E-state index contributed by atoms with van der Waals surface area (Å²) >= 11 is 0. The maximum atomic E-state index is 11.2. The predicted molar refractivity (Wildman–Crippen MR) is 55.7 cm³/mol. The first-order valence-electron chi connectivity index (χ1n) is 4.89. The standard InChI is InChI=1S/C10H22N2O/c1-6-10(13)12(5)8-7-9(2)11(3)4/h9H,6-8H2,1-5H3. The Balaban J connectivity index is 3.69. The van der Waals surface area contributed by atoms with Crippen LogP contribution >= 0.6 is 0 Å². The monoisotopic (exact) mass is 186 g/mol. The molecule has 3 heteroatoms. The normalized spacial score (nSPS) is 13.1. The van der Waals surface area contributed by atoms with E-state index in [0.717, 1.165) is 13.0 Å². The quantitative estimate of drug-likeness (QED) is 0.644. The summed E-state index contributed by atoms with van der Waals surface area (Å²) in [6.07, 6.45) is 1.64. The van der Waals surface area contributed by atoms with E-state index in [1.165, 1.54) is 0 Å². The second kappa shape index (κ2) is 5.97. The van der Waals surface area contributed by atoms with Crippen molar-refractivity contribution in [1.82, 2.24) is 9.80 Å². The van der Waals surface area contributed by atoms with Crippen molar-refractivity contribution in [2.45, 2.75) is 32.7 Å². The first-order chi connectivity index (χ1) is 5.99. The Morgan fingerprint density at radius 1 is 1.31 bits per heavy atom. The molecule has 0 heterocycles. The fourth-order valence-electron chi connectivity index (χ4n) is 1.03. The van der Waals surface area contributed by atoms with E-state index < -0.39 is 0 Å². The molecule has 13 heavy (non-hydrogen) atoms. The van der Waals surface area contributed by atoms with Gasteiger partial charge in [-0.05, 0) is 27.4 Å². The summed E-state index contributed by atoms with van der Waals surface area (Å²) in [6, 6.07) is 0.534. The van der Waals surface area contributed by atoms with Crippen molar-refractivity contribution in [3.8, 4) is 0 Å². The summed E-state index contributed by atoms with van der Waals surface area (Å²) in [5.41, 5.74) is 0. The summed E-state index contributed by atoms with van der Waals surface area (Å²) in [6.45, 7) is 4.92. The highest BCUT2D eigenvalue weighted by Crippen LogP contribution is 2.00. The zero-order valence-corrected chi connectivity index (χ0v) is 9.50. The Hall–Kier alpha value is -0.570. The molecule has 0 aliphatic carbocycles. The van der Waals surface area contributed by atoms with Crippen LogP contribution in [0.4, 0.5) is 0 Å². The van der Waals surface area contributed by atoms with E-state index in [1.807, 2.05) is 14.0 Å². The van der Waals surface area contributed by atoms with Crippen molar-refractivity contribution in [3.05, 3.63) is 0 Å². The van der Waals surface area contributed by atoms with Gasteiger partial charge in [0.15, 0.2) is 0 Å². The van der Waals surface area contributed by atoms with Crippen molar-refractivity contribution >= 4 is 5.91 Å². The lowest BCUT2D eigenvalue weighted by molar-refractivity contribution is -0.129. The molecule has 0 spiro atoms. The van der Waals surface area contributed by atoms with Gasteiger partial charge in [0.05, 0.1) is 0 Å². The van der Waals surface area contributed by atoms with Crippen LogP contribution < -0.4 is 0 Å². The summed E-state index contributed by atoms with van der Waals surface area (Å²) in [5.74, 6) is 0.228. The van der Waals surface area contributed by atoms with E-state index in [9.17, 15) is 4.79 Å². The molecule has 0 aliphatic rings. The van der Waals surface area contributed by atoms with Crippen molar-refractivity contribution in [2.24, 2.45) is 0 Å². The van der Waals surface area contributed by atoms with Crippen molar-refractivity contribution < 1.29 is 4.79 Å².